The van der Waals surface area contributed by atoms with Crippen molar-refractivity contribution in [3.05, 3.63) is 0 Å². The van der Waals surface area contributed by atoms with Crippen LogP contribution in [-0.4, -0.2) is 17.5 Å². The van der Waals surface area contributed by atoms with Crippen LogP contribution in [0.15, 0.2) is 0 Å². The Morgan fingerprint density at radius 2 is 2.18 bits per heavy atom. The van der Waals surface area contributed by atoms with E-state index in [0.29, 0.717) is 0 Å². The van der Waals surface area contributed by atoms with E-state index in [2.05, 4.69) is 6.07 Å². The average Bonchev–Trinajstić information content (AvgIpc) is 2.05. The third-order valence-corrected chi connectivity index (χ3v) is 2.99. The second kappa shape index (κ2) is 5.45. The number of rotatable bonds is 5. The molecule has 2 N–H and O–H groups in total. The molecule has 0 saturated heterocycles. The van der Waals surface area contributed by atoms with E-state index in [1.54, 1.807) is 11.8 Å². The summed E-state index contributed by atoms with van der Waals surface area (Å²) in [4.78, 5) is 0. The van der Waals surface area contributed by atoms with Gasteiger partial charge in [0.15, 0.2) is 0 Å². The van der Waals surface area contributed by atoms with Gasteiger partial charge in [0.25, 0.3) is 0 Å². The Labute approximate surface area is 73.1 Å². The third-order valence-electron chi connectivity index (χ3n) is 1.79. The minimum absolute atomic E-state index is 0.199. The minimum Gasteiger partial charge on any atom is -0.330 e. The van der Waals surface area contributed by atoms with Gasteiger partial charge in [-0.1, -0.05) is 0 Å². The molecule has 0 aromatic carbocycles. The van der Waals surface area contributed by atoms with E-state index in [-0.39, 0.29) is 4.75 Å². The lowest BCUT2D eigenvalue weighted by atomic mass is 10.1. The Bertz CT molecular complexity index is 142. The van der Waals surface area contributed by atoms with Crippen molar-refractivity contribution in [2.24, 2.45) is 5.73 Å². The fourth-order valence-electron chi connectivity index (χ4n) is 0.810. The summed E-state index contributed by atoms with van der Waals surface area (Å²) < 4.78 is -0.199. The molecule has 11 heavy (non-hydrogen) atoms. The molecule has 0 amide bonds. The van der Waals surface area contributed by atoms with Crippen LogP contribution in [0.2, 0.25) is 0 Å². The Morgan fingerprint density at radius 3 is 2.55 bits per heavy atom. The standard InChI is InChI=1S/C8H16N2S/c1-8(7-10,11-2)5-3-4-6-9/h3-6,9H2,1-2H3. The Hall–Kier alpha value is -0.200. The van der Waals surface area contributed by atoms with Crippen molar-refractivity contribution >= 4 is 11.8 Å². The predicted octanol–water partition coefficient (Wildman–Crippen LogP) is 1.76. The van der Waals surface area contributed by atoms with Crippen LogP contribution in [0.5, 0.6) is 0 Å². The first-order valence-corrected chi connectivity index (χ1v) is 5.07. The molecule has 3 heteroatoms. The summed E-state index contributed by atoms with van der Waals surface area (Å²) in [6.45, 7) is 2.71. The molecule has 0 aliphatic rings. The highest BCUT2D eigenvalue weighted by Gasteiger charge is 2.20. The monoisotopic (exact) mass is 172 g/mol. The fourth-order valence-corrected chi connectivity index (χ4v) is 1.25. The molecule has 0 aromatic heterocycles. The molecule has 1 unspecified atom stereocenters. The Kier molecular flexibility index (Phi) is 5.35. The van der Waals surface area contributed by atoms with E-state index in [4.69, 9.17) is 11.0 Å². The maximum absolute atomic E-state index is 8.78. The molecule has 0 aliphatic heterocycles. The largest absolute Gasteiger partial charge is 0.330 e. The molecule has 0 rings (SSSR count). The molecule has 64 valence electrons. The van der Waals surface area contributed by atoms with Gasteiger partial charge in [0.05, 0.1) is 10.8 Å². The number of thioether (sulfide) groups is 1. The van der Waals surface area contributed by atoms with E-state index < -0.39 is 0 Å². The van der Waals surface area contributed by atoms with Gasteiger partial charge in [-0.15, -0.1) is 11.8 Å². The molecule has 0 saturated carbocycles. The van der Waals surface area contributed by atoms with Gasteiger partial charge in [-0.25, -0.2) is 0 Å². The molecule has 0 bridgehead atoms. The van der Waals surface area contributed by atoms with Gasteiger partial charge in [0.2, 0.25) is 0 Å². The molecular weight excluding hydrogens is 156 g/mol. The van der Waals surface area contributed by atoms with Crippen LogP contribution in [-0.2, 0) is 0 Å². The van der Waals surface area contributed by atoms with Crippen LogP contribution in [0.25, 0.3) is 0 Å². The summed E-state index contributed by atoms with van der Waals surface area (Å²) >= 11 is 1.62. The quantitative estimate of drug-likeness (QED) is 0.643. The van der Waals surface area contributed by atoms with Crippen LogP contribution in [0, 0.1) is 11.3 Å². The van der Waals surface area contributed by atoms with Gasteiger partial charge >= 0.3 is 0 Å². The highest BCUT2D eigenvalue weighted by molar-refractivity contribution is 8.00. The van der Waals surface area contributed by atoms with Crippen molar-refractivity contribution in [3.63, 3.8) is 0 Å². The van der Waals surface area contributed by atoms with Crippen molar-refractivity contribution in [3.8, 4) is 6.07 Å². The molecule has 0 aromatic rings. The summed E-state index contributed by atoms with van der Waals surface area (Å²) in [5.74, 6) is 0. The highest BCUT2D eigenvalue weighted by atomic mass is 32.2. The fraction of sp³-hybridized carbons (Fsp3) is 0.875. The zero-order valence-electron chi connectivity index (χ0n) is 7.26. The predicted molar refractivity (Wildman–Crippen MR) is 50.4 cm³/mol. The van der Waals surface area contributed by atoms with Gasteiger partial charge in [0.1, 0.15) is 0 Å². The smallest absolute Gasteiger partial charge is 0.0992 e. The second-order valence-electron chi connectivity index (χ2n) is 2.79. The topological polar surface area (TPSA) is 49.8 Å². The van der Waals surface area contributed by atoms with Crippen LogP contribution in [0.1, 0.15) is 26.2 Å². The minimum atomic E-state index is -0.199. The molecule has 0 fully saturated rings. The summed E-state index contributed by atoms with van der Waals surface area (Å²) in [5.41, 5.74) is 5.35. The van der Waals surface area contributed by atoms with E-state index in [0.717, 1.165) is 25.8 Å². The lowest BCUT2D eigenvalue weighted by Gasteiger charge is -2.17. The van der Waals surface area contributed by atoms with Gasteiger partial charge in [-0.2, -0.15) is 5.26 Å². The van der Waals surface area contributed by atoms with Crippen molar-refractivity contribution in [1.82, 2.24) is 0 Å². The number of hydrogen-bond donors (Lipinski definition) is 1. The average molecular weight is 172 g/mol. The van der Waals surface area contributed by atoms with E-state index in [1.807, 2.05) is 13.2 Å². The maximum atomic E-state index is 8.78. The van der Waals surface area contributed by atoms with Crippen LogP contribution < -0.4 is 5.73 Å². The summed E-state index contributed by atoms with van der Waals surface area (Å²) in [7, 11) is 0. The molecular formula is C8H16N2S. The van der Waals surface area contributed by atoms with Crippen LogP contribution in [0.3, 0.4) is 0 Å². The Morgan fingerprint density at radius 1 is 1.55 bits per heavy atom. The highest BCUT2D eigenvalue weighted by Crippen LogP contribution is 2.26. The van der Waals surface area contributed by atoms with Gasteiger partial charge in [-0.3, -0.25) is 0 Å². The van der Waals surface area contributed by atoms with Crippen molar-refractivity contribution in [2.45, 2.75) is 30.9 Å². The number of unbranched alkanes of at least 4 members (excludes halogenated alkanes) is 1. The third kappa shape index (κ3) is 4.28. The van der Waals surface area contributed by atoms with E-state index in [1.165, 1.54) is 0 Å². The second-order valence-corrected chi connectivity index (χ2v) is 4.10. The van der Waals surface area contributed by atoms with Gasteiger partial charge in [0, 0.05) is 0 Å². The zero-order chi connectivity index (χ0) is 8.74. The maximum Gasteiger partial charge on any atom is 0.0992 e. The first-order chi connectivity index (χ1) is 5.18. The van der Waals surface area contributed by atoms with E-state index in [9.17, 15) is 0 Å². The molecule has 2 nitrogen and oxygen atoms in total. The van der Waals surface area contributed by atoms with Crippen molar-refractivity contribution < 1.29 is 0 Å². The van der Waals surface area contributed by atoms with Crippen molar-refractivity contribution in [2.75, 3.05) is 12.8 Å². The van der Waals surface area contributed by atoms with Gasteiger partial charge in [-0.05, 0) is 39.0 Å². The number of nitrogens with zero attached hydrogens (tertiary/aromatic N) is 1. The molecule has 0 heterocycles. The normalized spacial score (nSPS) is 15.5. The SMILES string of the molecule is CSC(C)(C#N)CCCCN. The lowest BCUT2D eigenvalue weighted by molar-refractivity contribution is 0.628. The van der Waals surface area contributed by atoms with Crippen LogP contribution in [0.4, 0.5) is 0 Å². The summed E-state index contributed by atoms with van der Waals surface area (Å²) in [5, 5.41) is 8.78. The summed E-state index contributed by atoms with van der Waals surface area (Å²) in [6, 6.07) is 2.31. The summed E-state index contributed by atoms with van der Waals surface area (Å²) in [6.07, 6.45) is 5.01. The molecule has 1 atom stereocenters. The molecule has 0 aliphatic carbocycles. The zero-order valence-corrected chi connectivity index (χ0v) is 8.08. The van der Waals surface area contributed by atoms with Crippen molar-refractivity contribution in [1.29, 1.82) is 5.26 Å². The Balaban J connectivity index is 3.63. The molecule has 0 spiro atoms. The molecule has 0 radical (unpaired) electrons. The first-order valence-electron chi connectivity index (χ1n) is 3.85. The van der Waals surface area contributed by atoms with E-state index >= 15 is 0 Å². The van der Waals surface area contributed by atoms with Crippen LogP contribution >= 0.6 is 11.8 Å². The lowest BCUT2D eigenvalue weighted by Crippen LogP contribution is -2.16. The number of nitrogens with two attached hydrogens (primary N) is 1. The number of hydrogen-bond acceptors (Lipinski definition) is 3. The number of nitriles is 1. The first kappa shape index (κ1) is 10.8. The van der Waals surface area contributed by atoms with Gasteiger partial charge < -0.3 is 5.73 Å².